The fourth-order valence-electron chi connectivity index (χ4n) is 3.66. The summed E-state index contributed by atoms with van der Waals surface area (Å²) in [5.41, 5.74) is 2.56. The number of hydrogen-bond acceptors (Lipinski definition) is 4. The summed E-state index contributed by atoms with van der Waals surface area (Å²) < 4.78 is 22.3. The van der Waals surface area contributed by atoms with Gasteiger partial charge in [-0.25, -0.2) is 0 Å². The molecule has 6 heteroatoms. The van der Waals surface area contributed by atoms with E-state index in [1.54, 1.807) is 26.2 Å². The summed E-state index contributed by atoms with van der Waals surface area (Å²) in [6.07, 6.45) is 0. The molecule has 0 aliphatic carbocycles. The number of nitrogens with two attached hydrogens (primary N) is 1. The van der Waals surface area contributed by atoms with Crippen molar-refractivity contribution in [3.63, 3.8) is 0 Å². The van der Waals surface area contributed by atoms with Crippen LogP contribution in [-0.4, -0.2) is 54.2 Å². The van der Waals surface area contributed by atoms with E-state index < -0.39 is 0 Å². The predicted molar refractivity (Wildman–Crippen MR) is 80.9 cm³/mol. The first-order chi connectivity index (χ1) is 10.8. The van der Waals surface area contributed by atoms with Crippen LogP contribution in [0.5, 0.6) is 17.2 Å². The van der Waals surface area contributed by atoms with Crippen LogP contribution >= 0.6 is 0 Å². The van der Waals surface area contributed by atoms with E-state index >= 15 is 0 Å². The Hall–Kier alpha value is -1.50. The lowest BCUT2D eigenvalue weighted by atomic mass is 9.93. The van der Waals surface area contributed by atoms with Crippen LogP contribution in [0.4, 0.5) is 0 Å². The van der Waals surface area contributed by atoms with Gasteiger partial charge in [-0.1, -0.05) is 0 Å². The van der Waals surface area contributed by atoms with Crippen LogP contribution < -0.4 is 24.4 Å². The summed E-state index contributed by atoms with van der Waals surface area (Å²) in [6.45, 7) is 5.75. The van der Waals surface area contributed by atoms with Crippen molar-refractivity contribution in [1.82, 2.24) is 0 Å². The molecule has 0 bridgehead atoms. The van der Waals surface area contributed by atoms with Crippen LogP contribution in [-0.2, 0) is 11.3 Å². The second-order valence-corrected chi connectivity index (χ2v) is 5.77. The molecule has 1 atom stereocenters. The molecule has 0 spiro atoms. The third-order valence-corrected chi connectivity index (χ3v) is 4.70. The number of fused-ring (bicyclic) bond motifs is 1. The van der Waals surface area contributed by atoms with E-state index in [0.717, 1.165) is 50.9 Å². The lowest BCUT2D eigenvalue weighted by molar-refractivity contribution is -0.954. The standard InChI is InChI=1S/C16H24N2O4/c1-19-13-8-11-9-17-10-12(18-4-6-22-7-5-18)14(11)16(21-3)15(13)20-2/h8,12,17H,4-7,9-10H2,1-3H3/p+2/t12-/m1/s1. The van der Waals surface area contributed by atoms with Gasteiger partial charge in [0.15, 0.2) is 17.5 Å². The summed E-state index contributed by atoms with van der Waals surface area (Å²) in [7, 11) is 5.04. The maximum absolute atomic E-state index is 5.73. The molecule has 0 amide bonds. The van der Waals surface area contributed by atoms with Gasteiger partial charge in [0, 0.05) is 5.56 Å². The molecule has 0 aromatic heterocycles. The highest BCUT2D eigenvalue weighted by Crippen LogP contribution is 2.44. The minimum Gasteiger partial charge on any atom is -0.493 e. The molecular formula is C16H26N2O4+2. The number of hydrogen-bond donors (Lipinski definition) is 2. The van der Waals surface area contributed by atoms with Gasteiger partial charge in [-0.05, 0) is 6.07 Å². The van der Waals surface area contributed by atoms with Crippen molar-refractivity contribution in [3.8, 4) is 17.2 Å². The van der Waals surface area contributed by atoms with Gasteiger partial charge in [0.2, 0.25) is 5.75 Å². The molecule has 6 nitrogen and oxygen atoms in total. The van der Waals surface area contributed by atoms with Crippen molar-refractivity contribution in [2.45, 2.75) is 12.6 Å². The predicted octanol–water partition coefficient (Wildman–Crippen LogP) is -1.25. The van der Waals surface area contributed by atoms with E-state index in [2.05, 4.69) is 11.4 Å². The summed E-state index contributed by atoms with van der Waals surface area (Å²) in [5.74, 6) is 2.27. The molecule has 3 rings (SSSR count). The first kappa shape index (κ1) is 15.4. The Labute approximate surface area is 131 Å². The molecule has 1 saturated heterocycles. The van der Waals surface area contributed by atoms with E-state index in [4.69, 9.17) is 18.9 Å². The monoisotopic (exact) mass is 310 g/mol. The Morgan fingerprint density at radius 2 is 1.82 bits per heavy atom. The van der Waals surface area contributed by atoms with Crippen molar-refractivity contribution in [2.75, 3.05) is 54.2 Å². The Balaban J connectivity index is 2.07. The number of benzene rings is 1. The maximum Gasteiger partial charge on any atom is 0.203 e. The van der Waals surface area contributed by atoms with E-state index in [0.29, 0.717) is 11.8 Å². The molecule has 2 aliphatic heterocycles. The summed E-state index contributed by atoms with van der Waals surface area (Å²) in [5, 5.41) is 2.36. The molecular weight excluding hydrogens is 284 g/mol. The molecule has 2 heterocycles. The largest absolute Gasteiger partial charge is 0.493 e. The van der Waals surface area contributed by atoms with Gasteiger partial charge < -0.3 is 29.2 Å². The highest BCUT2D eigenvalue weighted by atomic mass is 16.5. The molecule has 0 saturated carbocycles. The Morgan fingerprint density at radius 1 is 1.09 bits per heavy atom. The maximum atomic E-state index is 5.73. The first-order valence-corrected chi connectivity index (χ1v) is 7.85. The number of methoxy groups -OCH3 is 3. The van der Waals surface area contributed by atoms with Crippen molar-refractivity contribution < 1.29 is 29.2 Å². The van der Waals surface area contributed by atoms with Crippen molar-refractivity contribution >= 4 is 0 Å². The van der Waals surface area contributed by atoms with Crippen molar-refractivity contribution in [1.29, 1.82) is 0 Å². The van der Waals surface area contributed by atoms with Gasteiger partial charge in [-0.15, -0.1) is 0 Å². The first-order valence-electron chi connectivity index (χ1n) is 7.85. The Morgan fingerprint density at radius 3 is 2.45 bits per heavy atom. The molecule has 2 aliphatic rings. The molecule has 1 aromatic carbocycles. The average molecular weight is 310 g/mol. The highest BCUT2D eigenvalue weighted by molar-refractivity contribution is 5.60. The van der Waals surface area contributed by atoms with E-state index in [-0.39, 0.29) is 0 Å². The van der Waals surface area contributed by atoms with E-state index in [9.17, 15) is 0 Å². The van der Waals surface area contributed by atoms with Crippen molar-refractivity contribution in [3.05, 3.63) is 17.2 Å². The number of rotatable bonds is 4. The summed E-state index contributed by atoms with van der Waals surface area (Å²) >= 11 is 0. The minimum absolute atomic E-state index is 0.405. The van der Waals surface area contributed by atoms with E-state index in [1.807, 2.05) is 0 Å². The lowest BCUT2D eigenvalue weighted by Gasteiger charge is -2.35. The third kappa shape index (κ3) is 2.62. The number of nitrogens with one attached hydrogen (secondary N) is 1. The minimum atomic E-state index is 0.405. The Kier molecular flexibility index (Phi) is 4.71. The lowest BCUT2D eigenvalue weighted by Crippen LogP contribution is -3.17. The molecule has 22 heavy (non-hydrogen) atoms. The molecule has 1 fully saturated rings. The van der Waals surface area contributed by atoms with Crippen LogP contribution in [0.3, 0.4) is 0 Å². The number of quaternary nitrogens is 2. The normalized spacial score (nSPS) is 22.0. The fourth-order valence-corrected chi connectivity index (χ4v) is 3.66. The SMILES string of the molecule is COc1cc2c(c(OC)c1OC)[C@H]([NH+]1CCOCC1)C[NH2+]C2. The van der Waals surface area contributed by atoms with Gasteiger partial charge in [0.25, 0.3) is 0 Å². The number of ether oxygens (including phenoxy) is 4. The van der Waals surface area contributed by atoms with Crippen LogP contribution in [0.2, 0.25) is 0 Å². The third-order valence-electron chi connectivity index (χ3n) is 4.70. The van der Waals surface area contributed by atoms with Gasteiger partial charge >= 0.3 is 0 Å². The number of morpholine rings is 1. The van der Waals surface area contributed by atoms with Crippen LogP contribution in [0.1, 0.15) is 17.2 Å². The topological polar surface area (TPSA) is 58.0 Å². The van der Waals surface area contributed by atoms with Crippen LogP contribution in [0.15, 0.2) is 6.07 Å². The zero-order chi connectivity index (χ0) is 15.5. The van der Waals surface area contributed by atoms with Crippen molar-refractivity contribution in [2.24, 2.45) is 0 Å². The van der Waals surface area contributed by atoms with Gasteiger partial charge in [0.05, 0.1) is 40.1 Å². The molecule has 3 N–H and O–H groups in total. The van der Waals surface area contributed by atoms with E-state index in [1.165, 1.54) is 11.1 Å². The second kappa shape index (κ2) is 6.73. The second-order valence-electron chi connectivity index (χ2n) is 5.77. The molecule has 122 valence electrons. The van der Waals surface area contributed by atoms with Crippen LogP contribution in [0, 0.1) is 0 Å². The fraction of sp³-hybridized carbons (Fsp3) is 0.625. The zero-order valence-corrected chi connectivity index (χ0v) is 13.6. The van der Waals surface area contributed by atoms with Gasteiger partial charge in [-0.3, -0.25) is 0 Å². The quantitative estimate of drug-likeness (QED) is 0.729. The smallest absolute Gasteiger partial charge is 0.203 e. The molecule has 1 aromatic rings. The zero-order valence-electron chi connectivity index (χ0n) is 13.6. The van der Waals surface area contributed by atoms with Crippen LogP contribution in [0.25, 0.3) is 0 Å². The molecule has 0 unspecified atom stereocenters. The average Bonchev–Trinajstić information content (AvgIpc) is 2.60. The summed E-state index contributed by atoms with van der Waals surface area (Å²) in [4.78, 5) is 1.56. The summed E-state index contributed by atoms with van der Waals surface area (Å²) in [6, 6.07) is 2.50. The Bertz CT molecular complexity index is 529. The van der Waals surface area contributed by atoms with Gasteiger partial charge in [-0.2, -0.15) is 0 Å². The highest BCUT2D eigenvalue weighted by Gasteiger charge is 2.37. The molecule has 0 radical (unpaired) electrons. The van der Waals surface area contributed by atoms with Gasteiger partial charge in [0.1, 0.15) is 26.2 Å².